The molecule has 30 heavy (non-hydrogen) atoms. The molecular formula is C21H20F3N5O. The van der Waals surface area contributed by atoms with E-state index in [-0.39, 0.29) is 29.8 Å². The first-order chi connectivity index (χ1) is 14.3. The summed E-state index contributed by atoms with van der Waals surface area (Å²) in [4.78, 5) is 22.2. The van der Waals surface area contributed by atoms with E-state index in [0.717, 1.165) is 0 Å². The molecule has 1 saturated carbocycles. The zero-order valence-electron chi connectivity index (χ0n) is 16.4. The van der Waals surface area contributed by atoms with Crippen LogP contribution in [0, 0.1) is 17.2 Å². The third kappa shape index (κ3) is 3.47. The molecule has 0 bridgehead atoms. The molecule has 0 saturated heterocycles. The van der Waals surface area contributed by atoms with Gasteiger partial charge in [0, 0.05) is 12.5 Å². The Bertz CT molecular complexity index is 1160. The number of rotatable bonds is 3. The van der Waals surface area contributed by atoms with Gasteiger partial charge in [-0.1, -0.05) is 0 Å². The Balaban J connectivity index is 1.84. The van der Waals surface area contributed by atoms with Crippen LogP contribution in [0.4, 0.5) is 13.2 Å². The Hall–Kier alpha value is -3.15. The smallest absolute Gasteiger partial charge is 0.315 e. The topological polar surface area (TPSA) is 76.5 Å². The number of aryl methyl sites for hydroxylation is 1. The van der Waals surface area contributed by atoms with Crippen LogP contribution in [0.5, 0.6) is 0 Å². The van der Waals surface area contributed by atoms with Crippen molar-refractivity contribution in [3.63, 3.8) is 0 Å². The van der Waals surface area contributed by atoms with Crippen molar-refractivity contribution in [1.29, 1.82) is 5.26 Å². The highest BCUT2D eigenvalue weighted by atomic mass is 19.4. The van der Waals surface area contributed by atoms with Gasteiger partial charge in [0.1, 0.15) is 5.82 Å². The molecule has 0 N–H and O–H groups in total. The van der Waals surface area contributed by atoms with Crippen LogP contribution in [-0.4, -0.2) is 25.3 Å². The fourth-order valence-electron chi connectivity index (χ4n) is 4.13. The summed E-state index contributed by atoms with van der Waals surface area (Å²) in [7, 11) is 0. The highest BCUT2D eigenvalue weighted by Gasteiger charge is 2.42. The minimum atomic E-state index is -4.20. The largest absolute Gasteiger partial charge is 0.391 e. The number of alkyl halides is 3. The lowest BCUT2D eigenvalue weighted by atomic mass is 9.81. The molecule has 0 radical (unpaired) electrons. The molecule has 156 valence electrons. The standard InChI is InChI=1S/C21H20F3N5O/c1-2-28-12-26-17-19(28)27-18(14-5-7-15(8-6-14)21(22,23)24)29(20(17)30)16-9-3-13(11-25)4-10-16/h3-4,9-10,12,14-15H,2,5-8H2,1H3/t14-,15+. The fraction of sp³-hybridized carbons (Fsp3) is 0.429. The third-order valence-electron chi connectivity index (χ3n) is 5.82. The van der Waals surface area contributed by atoms with E-state index in [9.17, 15) is 18.0 Å². The van der Waals surface area contributed by atoms with E-state index < -0.39 is 12.1 Å². The summed E-state index contributed by atoms with van der Waals surface area (Å²) in [5, 5.41) is 9.04. The van der Waals surface area contributed by atoms with Gasteiger partial charge >= 0.3 is 6.18 Å². The molecule has 0 aliphatic heterocycles. The highest BCUT2D eigenvalue weighted by molar-refractivity contribution is 5.70. The molecule has 0 atom stereocenters. The Morgan fingerprint density at radius 1 is 1.17 bits per heavy atom. The molecule has 4 rings (SSSR count). The molecule has 9 heteroatoms. The van der Waals surface area contributed by atoms with Gasteiger partial charge in [0.25, 0.3) is 5.56 Å². The van der Waals surface area contributed by atoms with E-state index in [4.69, 9.17) is 10.2 Å². The molecule has 3 aromatic rings. The van der Waals surface area contributed by atoms with Crippen molar-refractivity contribution in [2.45, 2.75) is 51.2 Å². The van der Waals surface area contributed by atoms with E-state index in [1.807, 2.05) is 13.0 Å². The van der Waals surface area contributed by atoms with E-state index in [1.165, 1.54) is 4.57 Å². The van der Waals surface area contributed by atoms with Crippen molar-refractivity contribution in [3.8, 4) is 11.8 Å². The van der Waals surface area contributed by atoms with Crippen LogP contribution < -0.4 is 5.56 Å². The number of hydrogen-bond donors (Lipinski definition) is 0. The van der Waals surface area contributed by atoms with Gasteiger partial charge in [-0.25, -0.2) is 9.97 Å². The Labute approximate surface area is 170 Å². The number of nitrogens with zero attached hydrogens (tertiary/aromatic N) is 5. The average Bonchev–Trinajstić information content (AvgIpc) is 3.17. The van der Waals surface area contributed by atoms with Crippen molar-refractivity contribution < 1.29 is 13.2 Å². The van der Waals surface area contributed by atoms with Crippen LogP contribution in [0.25, 0.3) is 16.9 Å². The second-order valence-electron chi connectivity index (χ2n) is 7.56. The van der Waals surface area contributed by atoms with Crippen LogP contribution >= 0.6 is 0 Å². The zero-order valence-corrected chi connectivity index (χ0v) is 16.4. The van der Waals surface area contributed by atoms with Crippen molar-refractivity contribution >= 4 is 11.2 Å². The van der Waals surface area contributed by atoms with Gasteiger partial charge in [-0.2, -0.15) is 18.4 Å². The molecule has 0 spiro atoms. The molecule has 2 heterocycles. The number of fused-ring (bicyclic) bond motifs is 1. The Morgan fingerprint density at radius 2 is 1.83 bits per heavy atom. The monoisotopic (exact) mass is 415 g/mol. The summed E-state index contributed by atoms with van der Waals surface area (Å²) in [6.45, 7) is 2.48. The van der Waals surface area contributed by atoms with Gasteiger partial charge in [0.05, 0.1) is 29.6 Å². The van der Waals surface area contributed by atoms with Gasteiger partial charge in [-0.05, 0) is 56.9 Å². The SMILES string of the molecule is CCn1cnc2c(=O)n(-c3ccc(C#N)cc3)c([C@H]3CC[C@@H](C(F)(F)F)CC3)nc21. The zero-order chi connectivity index (χ0) is 21.5. The molecule has 1 aromatic carbocycles. The van der Waals surface area contributed by atoms with E-state index in [0.29, 0.717) is 42.1 Å². The van der Waals surface area contributed by atoms with E-state index in [1.54, 1.807) is 35.2 Å². The number of benzene rings is 1. The lowest BCUT2D eigenvalue weighted by Crippen LogP contribution is -2.31. The molecule has 0 unspecified atom stereocenters. The summed E-state index contributed by atoms with van der Waals surface area (Å²) >= 11 is 0. The van der Waals surface area contributed by atoms with Gasteiger partial charge in [0.2, 0.25) is 0 Å². The molecule has 1 aliphatic carbocycles. The van der Waals surface area contributed by atoms with Gasteiger partial charge in [-0.3, -0.25) is 9.36 Å². The summed E-state index contributed by atoms with van der Waals surface area (Å²) in [6, 6.07) is 8.52. The van der Waals surface area contributed by atoms with Crippen LogP contribution in [-0.2, 0) is 6.54 Å². The average molecular weight is 415 g/mol. The Kier molecular flexibility index (Phi) is 5.10. The molecule has 0 amide bonds. The minimum absolute atomic E-state index is 0.0164. The number of hydrogen-bond acceptors (Lipinski definition) is 4. The lowest BCUT2D eigenvalue weighted by Gasteiger charge is -2.30. The van der Waals surface area contributed by atoms with Crippen LogP contribution in [0.15, 0.2) is 35.4 Å². The van der Waals surface area contributed by atoms with E-state index >= 15 is 0 Å². The number of imidazole rings is 1. The van der Waals surface area contributed by atoms with Crippen LogP contribution in [0.1, 0.15) is 49.9 Å². The second kappa shape index (κ2) is 7.59. The maximum absolute atomic E-state index is 13.3. The molecule has 1 fully saturated rings. The fourth-order valence-corrected chi connectivity index (χ4v) is 4.13. The van der Waals surface area contributed by atoms with Crippen molar-refractivity contribution in [2.24, 2.45) is 5.92 Å². The highest BCUT2D eigenvalue weighted by Crippen LogP contribution is 2.42. The van der Waals surface area contributed by atoms with Crippen LogP contribution in [0.3, 0.4) is 0 Å². The Morgan fingerprint density at radius 3 is 2.40 bits per heavy atom. The number of halogens is 3. The maximum Gasteiger partial charge on any atom is 0.391 e. The summed E-state index contributed by atoms with van der Waals surface area (Å²) in [5.41, 5.74) is 1.27. The number of aromatic nitrogens is 4. The third-order valence-corrected chi connectivity index (χ3v) is 5.82. The van der Waals surface area contributed by atoms with Crippen molar-refractivity contribution in [3.05, 3.63) is 52.3 Å². The maximum atomic E-state index is 13.3. The van der Waals surface area contributed by atoms with Gasteiger partial charge in [0.15, 0.2) is 11.2 Å². The summed E-state index contributed by atoms with van der Waals surface area (Å²) < 4.78 is 42.5. The number of nitriles is 1. The predicted molar refractivity (Wildman–Crippen MR) is 104 cm³/mol. The molecular weight excluding hydrogens is 395 g/mol. The van der Waals surface area contributed by atoms with Gasteiger partial charge < -0.3 is 4.57 Å². The quantitative estimate of drug-likeness (QED) is 0.639. The lowest BCUT2D eigenvalue weighted by molar-refractivity contribution is -0.182. The van der Waals surface area contributed by atoms with Gasteiger partial charge in [-0.15, -0.1) is 0 Å². The molecule has 1 aliphatic rings. The van der Waals surface area contributed by atoms with Crippen molar-refractivity contribution in [2.75, 3.05) is 0 Å². The van der Waals surface area contributed by atoms with Crippen molar-refractivity contribution in [1.82, 2.24) is 19.1 Å². The summed E-state index contributed by atoms with van der Waals surface area (Å²) in [6.07, 6.45) is -2.01. The first kappa shape index (κ1) is 20.1. The molecule has 2 aromatic heterocycles. The minimum Gasteiger partial charge on any atom is -0.315 e. The van der Waals surface area contributed by atoms with E-state index in [2.05, 4.69) is 4.98 Å². The first-order valence-corrected chi connectivity index (χ1v) is 9.88. The normalized spacial score (nSPS) is 19.7. The summed E-state index contributed by atoms with van der Waals surface area (Å²) in [5.74, 6) is -1.13. The first-order valence-electron chi connectivity index (χ1n) is 9.88. The second-order valence-corrected chi connectivity index (χ2v) is 7.56. The van der Waals surface area contributed by atoms with Crippen LogP contribution in [0.2, 0.25) is 0 Å². The molecule has 6 nitrogen and oxygen atoms in total. The predicted octanol–water partition coefficient (Wildman–Crippen LogP) is 4.31.